The number of ether oxygens (including phenoxy) is 2. The molecule has 0 bridgehead atoms. The van der Waals surface area contributed by atoms with Gasteiger partial charge in [-0.05, 0) is 66.5 Å². The highest BCUT2D eigenvalue weighted by Crippen LogP contribution is 2.35. The van der Waals surface area contributed by atoms with E-state index < -0.39 is 17.6 Å². The summed E-state index contributed by atoms with van der Waals surface area (Å²) in [6, 6.07) is 10.2. The van der Waals surface area contributed by atoms with Gasteiger partial charge in [0.2, 0.25) is 0 Å². The number of esters is 1. The van der Waals surface area contributed by atoms with Crippen molar-refractivity contribution in [2.45, 2.75) is 26.8 Å². The molecular formula is C26H22BrN3O5S. The highest BCUT2D eigenvalue weighted by atomic mass is 79.9. The molecule has 0 unspecified atom stereocenters. The number of carbonyl (C=O) groups is 2. The average Bonchev–Trinajstić information content (AvgIpc) is 3.32. The third-order valence-corrected chi connectivity index (χ3v) is 7.80. The zero-order chi connectivity index (χ0) is 25.7. The number of halogens is 1. The van der Waals surface area contributed by atoms with E-state index in [-0.39, 0.29) is 22.6 Å². The standard InChI is InChI=1S/C26H22BrN3O5S/c1-5-35-25(33)19-13(3)28-26-30(21(19)14-7-9-18(34-4)16(27)11-14)24(32)22(36-26)20-15-10-12(2)6-8-17(15)29-23(20)31/h6-11,21H,5H2,1-4H3,(H,29,31)/b22-20-/t21-/m0/s1. The molecule has 0 saturated heterocycles. The molecule has 8 nitrogen and oxygen atoms in total. The van der Waals surface area contributed by atoms with Crippen molar-refractivity contribution in [1.29, 1.82) is 0 Å². The van der Waals surface area contributed by atoms with E-state index in [1.165, 1.54) is 4.57 Å². The fourth-order valence-corrected chi connectivity index (χ4v) is 6.22. The van der Waals surface area contributed by atoms with Gasteiger partial charge in [-0.2, -0.15) is 0 Å². The van der Waals surface area contributed by atoms with Gasteiger partial charge in [0.05, 0.1) is 41.1 Å². The zero-order valence-corrected chi connectivity index (χ0v) is 22.4. The number of aryl methyl sites for hydroxylation is 1. The van der Waals surface area contributed by atoms with Gasteiger partial charge in [-0.1, -0.05) is 29.0 Å². The number of benzene rings is 2. The van der Waals surface area contributed by atoms with Gasteiger partial charge in [-0.25, -0.2) is 9.79 Å². The van der Waals surface area contributed by atoms with E-state index in [9.17, 15) is 14.4 Å². The first-order valence-electron chi connectivity index (χ1n) is 11.2. The Hall–Kier alpha value is -3.50. The van der Waals surface area contributed by atoms with E-state index in [0.717, 1.165) is 16.9 Å². The minimum absolute atomic E-state index is 0.180. The molecular weight excluding hydrogens is 546 g/mol. The van der Waals surface area contributed by atoms with Crippen LogP contribution < -0.4 is 24.9 Å². The molecule has 1 aromatic heterocycles. The van der Waals surface area contributed by atoms with Gasteiger partial charge in [0.15, 0.2) is 4.80 Å². The third kappa shape index (κ3) is 3.81. The van der Waals surface area contributed by atoms with Crippen LogP contribution in [0.3, 0.4) is 0 Å². The van der Waals surface area contributed by atoms with Gasteiger partial charge < -0.3 is 14.8 Å². The van der Waals surface area contributed by atoms with Crippen molar-refractivity contribution in [1.82, 2.24) is 4.57 Å². The Morgan fingerprint density at radius 1 is 1.19 bits per heavy atom. The molecule has 1 amide bonds. The molecule has 0 saturated carbocycles. The Labute approximate surface area is 218 Å². The van der Waals surface area contributed by atoms with Crippen LogP contribution in [0.4, 0.5) is 5.69 Å². The summed E-state index contributed by atoms with van der Waals surface area (Å²) in [5.74, 6) is -0.277. The number of amides is 1. The van der Waals surface area contributed by atoms with Crippen LogP contribution in [-0.4, -0.2) is 30.2 Å². The molecule has 5 rings (SSSR count). The molecule has 3 aromatic rings. The monoisotopic (exact) mass is 567 g/mol. The number of allylic oxidation sites excluding steroid dienone is 1. The van der Waals surface area contributed by atoms with E-state index in [1.54, 1.807) is 33.1 Å². The number of thiazole rings is 1. The lowest BCUT2D eigenvalue weighted by molar-refractivity contribution is -0.139. The van der Waals surface area contributed by atoms with Crippen LogP contribution in [0.25, 0.3) is 5.57 Å². The van der Waals surface area contributed by atoms with Gasteiger partial charge in [0, 0.05) is 11.3 Å². The summed E-state index contributed by atoms with van der Waals surface area (Å²) in [5.41, 5.74) is 3.61. The van der Waals surface area contributed by atoms with Gasteiger partial charge in [0.25, 0.3) is 11.5 Å². The van der Waals surface area contributed by atoms with Crippen molar-refractivity contribution >= 4 is 50.4 Å². The van der Waals surface area contributed by atoms with Crippen LogP contribution in [0.2, 0.25) is 0 Å². The third-order valence-electron chi connectivity index (χ3n) is 6.13. The quantitative estimate of drug-likeness (QED) is 0.488. The molecule has 2 aliphatic heterocycles. The lowest BCUT2D eigenvalue weighted by Gasteiger charge is -2.25. The molecule has 2 aromatic carbocycles. The van der Waals surface area contributed by atoms with Crippen molar-refractivity contribution in [2.24, 2.45) is 4.99 Å². The number of nitrogens with zero attached hydrogens (tertiary/aromatic N) is 2. The lowest BCUT2D eigenvalue weighted by atomic mass is 9.95. The molecule has 10 heteroatoms. The summed E-state index contributed by atoms with van der Waals surface area (Å²) in [5, 5.41) is 2.84. The van der Waals surface area contributed by atoms with E-state index in [2.05, 4.69) is 26.2 Å². The molecule has 36 heavy (non-hydrogen) atoms. The van der Waals surface area contributed by atoms with Crippen LogP contribution in [0.15, 0.2) is 61.9 Å². The summed E-state index contributed by atoms with van der Waals surface area (Å²) in [4.78, 5) is 45.0. The van der Waals surface area contributed by atoms with E-state index in [1.807, 2.05) is 31.2 Å². The SMILES string of the molecule is CCOC(=O)C1=C(C)N=c2s/c(=C3\C(=O)Nc4ccc(C)cc43)c(=O)n2[C@H]1c1ccc(OC)c(Br)c1. The fourth-order valence-electron chi connectivity index (χ4n) is 4.52. The normalized spacial score (nSPS) is 17.8. The summed E-state index contributed by atoms with van der Waals surface area (Å²) in [6.45, 7) is 5.55. The summed E-state index contributed by atoms with van der Waals surface area (Å²) in [7, 11) is 1.56. The second-order valence-electron chi connectivity index (χ2n) is 8.39. The molecule has 1 N–H and O–H groups in total. The van der Waals surface area contributed by atoms with E-state index in [4.69, 9.17) is 9.47 Å². The maximum atomic E-state index is 14.0. The maximum Gasteiger partial charge on any atom is 0.338 e. The average molecular weight is 568 g/mol. The first-order valence-corrected chi connectivity index (χ1v) is 12.8. The van der Waals surface area contributed by atoms with Crippen LogP contribution in [0.1, 0.15) is 36.6 Å². The Balaban J connectivity index is 1.82. The van der Waals surface area contributed by atoms with Crippen molar-refractivity contribution in [3.63, 3.8) is 0 Å². The zero-order valence-electron chi connectivity index (χ0n) is 20.0. The first kappa shape index (κ1) is 24.2. The van der Waals surface area contributed by atoms with Gasteiger partial charge in [-0.3, -0.25) is 14.2 Å². The Morgan fingerprint density at radius 3 is 2.67 bits per heavy atom. The van der Waals surface area contributed by atoms with Crippen molar-refractivity contribution in [2.75, 3.05) is 19.0 Å². The molecule has 1 atom stereocenters. The van der Waals surface area contributed by atoms with E-state index in [0.29, 0.717) is 43.1 Å². The molecule has 3 heterocycles. The molecule has 184 valence electrons. The number of anilines is 1. The molecule has 0 aliphatic carbocycles. The maximum absolute atomic E-state index is 14.0. The van der Waals surface area contributed by atoms with Gasteiger partial charge >= 0.3 is 5.97 Å². The number of hydrogen-bond acceptors (Lipinski definition) is 7. The summed E-state index contributed by atoms with van der Waals surface area (Å²) in [6.07, 6.45) is 0. The Morgan fingerprint density at radius 2 is 1.97 bits per heavy atom. The van der Waals surface area contributed by atoms with Gasteiger partial charge in [0.1, 0.15) is 10.3 Å². The minimum atomic E-state index is -0.793. The first-order chi connectivity index (χ1) is 17.2. The number of aromatic nitrogens is 1. The second kappa shape index (κ2) is 9.18. The molecule has 0 fully saturated rings. The van der Waals surface area contributed by atoms with Gasteiger partial charge in [-0.15, -0.1) is 0 Å². The highest BCUT2D eigenvalue weighted by molar-refractivity contribution is 9.10. The highest BCUT2D eigenvalue weighted by Gasteiger charge is 2.35. The number of rotatable bonds is 4. The van der Waals surface area contributed by atoms with Crippen molar-refractivity contribution in [3.8, 4) is 5.75 Å². The van der Waals surface area contributed by atoms with Crippen LogP contribution >= 0.6 is 27.3 Å². The predicted molar refractivity (Wildman–Crippen MR) is 140 cm³/mol. The van der Waals surface area contributed by atoms with Crippen LogP contribution in [0, 0.1) is 6.92 Å². The Bertz CT molecular complexity index is 1670. The molecule has 2 aliphatic rings. The number of methoxy groups -OCH3 is 1. The fraction of sp³-hybridized carbons (Fsp3) is 0.231. The minimum Gasteiger partial charge on any atom is -0.496 e. The van der Waals surface area contributed by atoms with Crippen molar-refractivity contribution in [3.05, 3.63) is 88.5 Å². The topological polar surface area (TPSA) is 99.0 Å². The Kier molecular flexibility index (Phi) is 6.17. The smallest absolute Gasteiger partial charge is 0.338 e. The molecule has 0 radical (unpaired) electrons. The van der Waals surface area contributed by atoms with E-state index >= 15 is 0 Å². The number of fused-ring (bicyclic) bond motifs is 2. The summed E-state index contributed by atoms with van der Waals surface area (Å²) < 4.78 is 13.1. The number of hydrogen-bond donors (Lipinski definition) is 1. The predicted octanol–water partition coefficient (Wildman–Crippen LogP) is 3.20. The van der Waals surface area contributed by atoms with Crippen LogP contribution in [0.5, 0.6) is 5.75 Å². The van der Waals surface area contributed by atoms with Crippen molar-refractivity contribution < 1.29 is 19.1 Å². The second-order valence-corrected chi connectivity index (χ2v) is 10.2. The van der Waals surface area contributed by atoms with Crippen LogP contribution in [-0.2, 0) is 14.3 Å². The number of carbonyl (C=O) groups excluding carboxylic acids is 2. The lowest BCUT2D eigenvalue weighted by Crippen LogP contribution is -2.40. The molecule has 0 spiro atoms. The largest absolute Gasteiger partial charge is 0.496 e. The number of nitrogens with one attached hydrogen (secondary N) is 1. The summed E-state index contributed by atoms with van der Waals surface area (Å²) >= 11 is 4.64.